The van der Waals surface area contributed by atoms with E-state index in [1.54, 1.807) is 37.3 Å². The maximum Gasteiger partial charge on any atom is 0.325 e. The van der Waals surface area contributed by atoms with E-state index in [2.05, 4.69) is 6.58 Å². The van der Waals surface area contributed by atoms with Gasteiger partial charge in [0, 0.05) is 12.1 Å². The number of hydrogen-bond donors (Lipinski definition) is 0. The van der Waals surface area contributed by atoms with Gasteiger partial charge in [0.15, 0.2) is 0 Å². The van der Waals surface area contributed by atoms with Gasteiger partial charge >= 0.3 is 5.97 Å². The van der Waals surface area contributed by atoms with Crippen LogP contribution in [-0.4, -0.2) is 43.6 Å². The zero-order valence-electron chi connectivity index (χ0n) is 11.8. The molecule has 1 amide bonds. The van der Waals surface area contributed by atoms with Gasteiger partial charge in [0.25, 0.3) is 5.91 Å². The lowest BCUT2D eigenvalue weighted by Crippen LogP contribution is -2.36. The third-order valence-electron chi connectivity index (χ3n) is 2.58. The van der Waals surface area contributed by atoms with Crippen LogP contribution < -0.4 is 4.74 Å². The van der Waals surface area contributed by atoms with Gasteiger partial charge in [0.05, 0.1) is 13.7 Å². The Morgan fingerprint density at radius 1 is 1.40 bits per heavy atom. The number of rotatable bonds is 7. The molecule has 0 aromatic heterocycles. The second-order valence-electron chi connectivity index (χ2n) is 4.01. The van der Waals surface area contributed by atoms with Gasteiger partial charge in [0.2, 0.25) is 0 Å². The van der Waals surface area contributed by atoms with Crippen molar-refractivity contribution in [3.05, 3.63) is 42.5 Å². The molecule has 1 rings (SSSR count). The first-order valence-electron chi connectivity index (χ1n) is 6.32. The number of ether oxygens (including phenoxy) is 2. The van der Waals surface area contributed by atoms with Gasteiger partial charge in [-0.05, 0) is 25.1 Å². The zero-order valence-corrected chi connectivity index (χ0v) is 11.8. The first-order chi connectivity index (χ1) is 9.62. The molecule has 0 aliphatic heterocycles. The second-order valence-corrected chi connectivity index (χ2v) is 4.01. The summed E-state index contributed by atoms with van der Waals surface area (Å²) < 4.78 is 9.94. The van der Waals surface area contributed by atoms with Crippen molar-refractivity contribution in [1.82, 2.24) is 4.90 Å². The van der Waals surface area contributed by atoms with E-state index in [1.807, 2.05) is 0 Å². The maximum atomic E-state index is 12.4. The molecule has 0 atom stereocenters. The van der Waals surface area contributed by atoms with E-state index < -0.39 is 5.97 Å². The molecular weight excluding hydrogens is 258 g/mol. The summed E-state index contributed by atoms with van der Waals surface area (Å²) in [5.41, 5.74) is 0.454. The Hall–Kier alpha value is -2.30. The highest BCUT2D eigenvalue weighted by molar-refractivity contribution is 5.96. The van der Waals surface area contributed by atoms with Gasteiger partial charge in [-0.3, -0.25) is 9.59 Å². The molecule has 0 fully saturated rings. The third kappa shape index (κ3) is 4.42. The van der Waals surface area contributed by atoms with Crippen molar-refractivity contribution in [1.29, 1.82) is 0 Å². The first-order valence-corrected chi connectivity index (χ1v) is 6.32. The monoisotopic (exact) mass is 277 g/mol. The van der Waals surface area contributed by atoms with E-state index in [0.29, 0.717) is 11.3 Å². The largest absolute Gasteiger partial charge is 0.497 e. The van der Waals surface area contributed by atoms with Crippen LogP contribution in [0.15, 0.2) is 36.9 Å². The molecule has 0 spiro atoms. The number of carbonyl (C=O) groups is 2. The van der Waals surface area contributed by atoms with Crippen LogP contribution >= 0.6 is 0 Å². The zero-order chi connectivity index (χ0) is 15.0. The summed E-state index contributed by atoms with van der Waals surface area (Å²) in [6.07, 6.45) is 1.57. The van der Waals surface area contributed by atoms with Crippen LogP contribution in [0.25, 0.3) is 0 Å². The van der Waals surface area contributed by atoms with E-state index in [1.165, 1.54) is 12.0 Å². The first kappa shape index (κ1) is 15.8. The van der Waals surface area contributed by atoms with Crippen LogP contribution in [-0.2, 0) is 9.53 Å². The minimum atomic E-state index is -0.439. The number of esters is 1. The average Bonchev–Trinajstić information content (AvgIpc) is 2.46. The Bertz CT molecular complexity index is 485. The molecule has 0 heterocycles. The summed E-state index contributed by atoms with van der Waals surface area (Å²) in [5, 5.41) is 0. The molecule has 0 saturated heterocycles. The molecule has 0 saturated carbocycles. The van der Waals surface area contributed by atoms with Crippen molar-refractivity contribution in [2.24, 2.45) is 0 Å². The summed E-state index contributed by atoms with van der Waals surface area (Å²) in [6, 6.07) is 6.78. The van der Waals surface area contributed by atoms with Crippen LogP contribution in [0, 0.1) is 0 Å². The minimum Gasteiger partial charge on any atom is -0.497 e. The number of hydrogen-bond acceptors (Lipinski definition) is 4. The lowest BCUT2D eigenvalue weighted by atomic mass is 10.2. The molecule has 0 unspecified atom stereocenters. The van der Waals surface area contributed by atoms with Gasteiger partial charge in [-0.15, -0.1) is 6.58 Å². The molecule has 0 aliphatic carbocycles. The summed E-state index contributed by atoms with van der Waals surface area (Å²) in [5.74, 6) is -0.118. The highest BCUT2D eigenvalue weighted by Gasteiger charge is 2.18. The topological polar surface area (TPSA) is 55.8 Å². The molecule has 108 valence electrons. The maximum absolute atomic E-state index is 12.4. The predicted octanol–water partition coefficient (Wildman–Crippen LogP) is 1.89. The Morgan fingerprint density at radius 3 is 2.75 bits per heavy atom. The summed E-state index contributed by atoms with van der Waals surface area (Å²) in [7, 11) is 1.53. The van der Waals surface area contributed by atoms with Crippen molar-refractivity contribution in [3.63, 3.8) is 0 Å². The van der Waals surface area contributed by atoms with Crippen LogP contribution in [0.1, 0.15) is 17.3 Å². The molecule has 1 aromatic rings. The van der Waals surface area contributed by atoms with E-state index in [-0.39, 0.29) is 25.6 Å². The fourth-order valence-corrected chi connectivity index (χ4v) is 1.68. The standard InChI is InChI=1S/C15H19NO4/c1-4-9-16(11-14(17)20-5-2)15(18)12-7-6-8-13(10-12)19-3/h4,6-8,10H,1,5,9,11H2,2-3H3. The molecule has 0 radical (unpaired) electrons. The number of nitrogens with zero attached hydrogens (tertiary/aromatic N) is 1. The third-order valence-corrected chi connectivity index (χ3v) is 2.58. The normalized spacial score (nSPS) is 9.70. The lowest BCUT2D eigenvalue weighted by Gasteiger charge is -2.20. The van der Waals surface area contributed by atoms with Crippen LogP contribution in [0.5, 0.6) is 5.75 Å². The van der Waals surface area contributed by atoms with Gasteiger partial charge in [-0.1, -0.05) is 12.1 Å². The Morgan fingerprint density at radius 2 is 2.15 bits per heavy atom. The van der Waals surface area contributed by atoms with E-state index in [4.69, 9.17) is 9.47 Å². The van der Waals surface area contributed by atoms with Crippen molar-refractivity contribution in [2.45, 2.75) is 6.92 Å². The van der Waals surface area contributed by atoms with E-state index in [0.717, 1.165) is 0 Å². The smallest absolute Gasteiger partial charge is 0.325 e. The quantitative estimate of drug-likeness (QED) is 0.564. The molecule has 0 aliphatic rings. The van der Waals surface area contributed by atoms with E-state index >= 15 is 0 Å². The van der Waals surface area contributed by atoms with Crippen molar-refractivity contribution < 1.29 is 19.1 Å². The number of methoxy groups -OCH3 is 1. The molecule has 5 nitrogen and oxygen atoms in total. The predicted molar refractivity (Wildman–Crippen MR) is 75.7 cm³/mol. The highest BCUT2D eigenvalue weighted by atomic mass is 16.5. The summed E-state index contributed by atoms with van der Waals surface area (Å²) in [6.45, 7) is 5.77. The van der Waals surface area contributed by atoms with Crippen molar-refractivity contribution in [2.75, 3.05) is 26.8 Å². The lowest BCUT2D eigenvalue weighted by molar-refractivity contribution is -0.143. The fraction of sp³-hybridized carbons (Fsp3) is 0.333. The van der Waals surface area contributed by atoms with Gasteiger partial charge in [-0.2, -0.15) is 0 Å². The van der Waals surface area contributed by atoms with Crippen LogP contribution in [0.4, 0.5) is 0 Å². The summed E-state index contributed by atoms with van der Waals surface area (Å²) in [4.78, 5) is 25.2. The molecule has 0 N–H and O–H groups in total. The molecule has 20 heavy (non-hydrogen) atoms. The number of benzene rings is 1. The van der Waals surface area contributed by atoms with Gasteiger partial charge in [-0.25, -0.2) is 0 Å². The van der Waals surface area contributed by atoms with Crippen LogP contribution in [0.2, 0.25) is 0 Å². The number of carbonyl (C=O) groups excluding carboxylic acids is 2. The van der Waals surface area contributed by atoms with Gasteiger partial charge < -0.3 is 14.4 Å². The molecule has 1 aromatic carbocycles. The molecular formula is C15H19NO4. The number of amides is 1. The highest BCUT2D eigenvalue weighted by Crippen LogP contribution is 2.14. The fourth-order valence-electron chi connectivity index (χ4n) is 1.68. The summed E-state index contributed by atoms with van der Waals surface area (Å²) >= 11 is 0. The second kappa shape index (κ2) is 7.99. The average molecular weight is 277 g/mol. The minimum absolute atomic E-state index is 0.101. The Balaban J connectivity index is 2.86. The molecule has 5 heteroatoms. The van der Waals surface area contributed by atoms with Crippen molar-refractivity contribution >= 4 is 11.9 Å². The molecule has 0 bridgehead atoms. The SMILES string of the molecule is C=CCN(CC(=O)OCC)C(=O)c1cccc(OC)c1. The van der Waals surface area contributed by atoms with E-state index in [9.17, 15) is 9.59 Å². The van der Waals surface area contributed by atoms with Crippen LogP contribution in [0.3, 0.4) is 0 Å². The Kier molecular flexibility index (Phi) is 6.29. The van der Waals surface area contributed by atoms with Crippen molar-refractivity contribution in [3.8, 4) is 5.75 Å². The van der Waals surface area contributed by atoms with Gasteiger partial charge in [0.1, 0.15) is 12.3 Å². The Labute approximate surface area is 118 Å².